The minimum atomic E-state index is -0.335. The number of rotatable bonds is 5. The number of nitrogens with zero attached hydrogens (tertiary/aromatic N) is 2. The maximum absolute atomic E-state index is 11.7. The highest BCUT2D eigenvalue weighted by Gasteiger charge is 2.21. The monoisotopic (exact) mass is 222 g/mol. The molecule has 0 aliphatic rings. The van der Waals surface area contributed by atoms with E-state index in [-0.39, 0.29) is 11.4 Å². The summed E-state index contributed by atoms with van der Waals surface area (Å²) in [6.07, 6.45) is 6.10. The molecule has 1 rings (SSSR count). The zero-order valence-electron chi connectivity index (χ0n) is 9.73. The van der Waals surface area contributed by atoms with Gasteiger partial charge in [-0.15, -0.1) is 0 Å². The summed E-state index contributed by atoms with van der Waals surface area (Å²) in [5.41, 5.74) is 6.05. The summed E-state index contributed by atoms with van der Waals surface area (Å²) in [5.74, 6) is -0.232. The van der Waals surface area contributed by atoms with Crippen molar-refractivity contribution in [1.29, 1.82) is 0 Å². The molecule has 0 fully saturated rings. The minimum absolute atomic E-state index is 0.232. The lowest BCUT2D eigenvalue weighted by Crippen LogP contribution is -2.49. The van der Waals surface area contributed by atoms with Gasteiger partial charge in [0, 0.05) is 24.5 Å². The van der Waals surface area contributed by atoms with Crippen LogP contribution in [0.25, 0.3) is 0 Å². The van der Waals surface area contributed by atoms with Gasteiger partial charge in [-0.2, -0.15) is 0 Å². The number of aromatic nitrogens is 2. The van der Waals surface area contributed by atoms with Crippen molar-refractivity contribution in [3.63, 3.8) is 0 Å². The third-order valence-electron chi connectivity index (χ3n) is 2.81. The first kappa shape index (κ1) is 12.6. The standard InChI is InChI=1S/C11H18N4O/c1-3-11(12,4-2)8-15-10(16)9-7-13-5-6-14-9/h5-7H,3-4,8,12H2,1-2H3,(H,15,16). The SMILES string of the molecule is CCC(N)(CC)CNC(=O)c1cnccn1. The van der Waals surface area contributed by atoms with Gasteiger partial charge in [-0.25, -0.2) is 4.98 Å². The van der Waals surface area contributed by atoms with Gasteiger partial charge >= 0.3 is 0 Å². The Bertz CT molecular complexity index is 335. The first-order valence-corrected chi connectivity index (χ1v) is 5.44. The highest BCUT2D eigenvalue weighted by Crippen LogP contribution is 2.09. The molecule has 1 amide bonds. The third-order valence-corrected chi connectivity index (χ3v) is 2.81. The van der Waals surface area contributed by atoms with E-state index >= 15 is 0 Å². The number of nitrogens with one attached hydrogen (secondary N) is 1. The average molecular weight is 222 g/mol. The first-order valence-electron chi connectivity index (χ1n) is 5.44. The van der Waals surface area contributed by atoms with Gasteiger partial charge < -0.3 is 11.1 Å². The Labute approximate surface area is 95.5 Å². The summed E-state index contributed by atoms with van der Waals surface area (Å²) in [6, 6.07) is 0. The smallest absolute Gasteiger partial charge is 0.271 e. The van der Waals surface area contributed by atoms with E-state index in [9.17, 15) is 4.79 Å². The molecule has 5 nitrogen and oxygen atoms in total. The van der Waals surface area contributed by atoms with E-state index in [0.717, 1.165) is 12.8 Å². The molecule has 88 valence electrons. The van der Waals surface area contributed by atoms with Crippen molar-refractivity contribution in [3.8, 4) is 0 Å². The fourth-order valence-corrected chi connectivity index (χ4v) is 1.26. The van der Waals surface area contributed by atoms with E-state index in [1.165, 1.54) is 18.6 Å². The van der Waals surface area contributed by atoms with E-state index in [2.05, 4.69) is 15.3 Å². The summed E-state index contributed by atoms with van der Waals surface area (Å²) in [7, 11) is 0. The maximum atomic E-state index is 11.7. The molecule has 1 heterocycles. The molecule has 0 atom stereocenters. The van der Waals surface area contributed by atoms with Crippen LogP contribution in [0.1, 0.15) is 37.2 Å². The van der Waals surface area contributed by atoms with Gasteiger partial charge in [0.25, 0.3) is 5.91 Å². The lowest BCUT2D eigenvalue weighted by Gasteiger charge is -2.26. The second kappa shape index (κ2) is 5.55. The van der Waals surface area contributed by atoms with Crippen molar-refractivity contribution >= 4 is 5.91 Å². The van der Waals surface area contributed by atoms with Gasteiger partial charge in [-0.05, 0) is 12.8 Å². The molecule has 0 saturated carbocycles. The second-order valence-corrected chi connectivity index (χ2v) is 3.84. The summed E-state index contributed by atoms with van der Waals surface area (Å²) < 4.78 is 0. The van der Waals surface area contributed by atoms with Crippen LogP contribution in [0.4, 0.5) is 0 Å². The molecule has 0 saturated heterocycles. The Morgan fingerprint density at radius 2 is 2.12 bits per heavy atom. The molecular weight excluding hydrogens is 204 g/mol. The van der Waals surface area contributed by atoms with E-state index in [1.54, 1.807) is 0 Å². The predicted molar refractivity (Wildman–Crippen MR) is 61.9 cm³/mol. The van der Waals surface area contributed by atoms with Crippen LogP contribution in [-0.2, 0) is 0 Å². The molecule has 0 radical (unpaired) electrons. The maximum Gasteiger partial charge on any atom is 0.271 e. The summed E-state index contributed by atoms with van der Waals surface area (Å²) in [6.45, 7) is 4.48. The number of hydrogen-bond donors (Lipinski definition) is 2. The highest BCUT2D eigenvalue weighted by atomic mass is 16.1. The zero-order chi connectivity index (χ0) is 12.0. The van der Waals surface area contributed by atoms with Crippen molar-refractivity contribution in [2.75, 3.05) is 6.54 Å². The molecule has 3 N–H and O–H groups in total. The molecule has 16 heavy (non-hydrogen) atoms. The Balaban J connectivity index is 2.54. The molecule has 1 aromatic heterocycles. The molecule has 0 bridgehead atoms. The molecular formula is C11H18N4O. The van der Waals surface area contributed by atoms with E-state index in [1.807, 2.05) is 13.8 Å². The van der Waals surface area contributed by atoms with Crippen LogP contribution in [-0.4, -0.2) is 28.0 Å². The Morgan fingerprint density at radius 1 is 1.44 bits per heavy atom. The topological polar surface area (TPSA) is 80.9 Å². The van der Waals surface area contributed by atoms with Crippen LogP contribution in [0, 0.1) is 0 Å². The van der Waals surface area contributed by atoms with Gasteiger partial charge in [0.2, 0.25) is 0 Å². The molecule has 0 aromatic carbocycles. The van der Waals surface area contributed by atoms with Crippen LogP contribution in [0.15, 0.2) is 18.6 Å². The van der Waals surface area contributed by atoms with Crippen molar-refractivity contribution in [1.82, 2.24) is 15.3 Å². The fourth-order valence-electron chi connectivity index (χ4n) is 1.26. The normalized spacial score (nSPS) is 11.2. The fraction of sp³-hybridized carbons (Fsp3) is 0.545. The first-order chi connectivity index (χ1) is 7.61. The number of nitrogens with two attached hydrogens (primary N) is 1. The van der Waals surface area contributed by atoms with Crippen LogP contribution in [0.3, 0.4) is 0 Å². The van der Waals surface area contributed by atoms with Crippen LogP contribution < -0.4 is 11.1 Å². The number of hydrogen-bond acceptors (Lipinski definition) is 4. The lowest BCUT2D eigenvalue weighted by molar-refractivity contribution is 0.0936. The van der Waals surface area contributed by atoms with E-state index in [0.29, 0.717) is 12.2 Å². The van der Waals surface area contributed by atoms with Crippen molar-refractivity contribution in [2.45, 2.75) is 32.2 Å². The Morgan fingerprint density at radius 3 is 2.62 bits per heavy atom. The predicted octanol–water partition coefficient (Wildman–Crippen LogP) is 0.724. The summed E-state index contributed by atoms with van der Waals surface area (Å²) in [5, 5.41) is 2.77. The van der Waals surface area contributed by atoms with Crippen molar-refractivity contribution < 1.29 is 4.79 Å². The van der Waals surface area contributed by atoms with Gasteiger partial charge in [0.15, 0.2) is 0 Å². The minimum Gasteiger partial charge on any atom is -0.349 e. The second-order valence-electron chi connectivity index (χ2n) is 3.84. The van der Waals surface area contributed by atoms with Gasteiger partial charge in [-0.3, -0.25) is 9.78 Å². The van der Waals surface area contributed by atoms with E-state index in [4.69, 9.17) is 5.73 Å². The number of carbonyl (C=O) groups excluding carboxylic acids is 1. The van der Waals surface area contributed by atoms with Crippen molar-refractivity contribution in [2.24, 2.45) is 5.73 Å². The summed E-state index contributed by atoms with van der Waals surface area (Å²) >= 11 is 0. The highest BCUT2D eigenvalue weighted by molar-refractivity contribution is 5.91. The average Bonchev–Trinajstić information content (AvgIpc) is 2.36. The van der Waals surface area contributed by atoms with Gasteiger partial charge in [0.1, 0.15) is 5.69 Å². The Hall–Kier alpha value is -1.49. The van der Waals surface area contributed by atoms with E-state index < -0.39 is 0 Å². The lowest BCUT2D eigenvalue weighted by atomic mass is 9.94. The van der Waals surface area contributed by atoms with Crippen LogP contribution >= 0.6 is 0 Å². The van der Waals surface area contributed by atoms with Gasteiger partial charge in [0.05, 0.1) is 6.20 Å². The zero-order valence-corrected chi connectivity index (χ0v) is 9.73. The van der Waals surface area contributed by atoms with Gasteiger partial charge in [-0.1, -0.05) is 13.8 Å². The molecule has 0 aliphatic carbocycles. The molecule has 1 aromatic rings. The quantitative estimate of drug-likeness (QED) is 0.769. The van der Waals surface area contributed by atoms with Crippen LogP contribution in [0.5, 0.6) is 0 Å². The molecule has 0 unspecified atom stereocenters. The number of carbonyl (C=O) groups is 1. The molecule has 0 spiro atoms. The van der Waals surface area contributed by atoms with Crippen LogP contribution in [0.2, 0.25) is 0 Å². The number of amides is 1. The Kier molecular flexibility index (Phi) is 4.37. The summed E-state index contributed by atoms with van der Waals surface area (Å²) in [4.78, 5) is 19.4. The molecule has 0 aliphatic heterocycles. The largest absolute Gasteiger partial charge is 0.349 e. The third kappa shape index (κ3) is 3.27. The molecule has 5 heteroatoms. The van der Waals surface area contributed by atoms with Crippen molar-refractivity contribution in [3.05, 3.63) is 24.3 Å².